The molecule has 0 aliphatic heterocycles. The SMILES string of the molecule is CC(C)c1cc2c(c(C(C)C)c1)C(=O)C1=C(C[C@@H](C)C[C@H]1O)C2=O. The molecule has 24 heavy (non-hydrogen) atoms. The zero-order valence-electron chi connectivity index (χ0n) is 15.1. The molecule has 0 radical (unpaired) electrons. The summed E-state index contributed by atoms with van der Waals surface area (Å²) in [6, 6.07) is 3.95. The van der Waals surface area contributed by atoms with Crippen LogP contribution in [0.1, 0.15) is 91.1 Å². The van der Waals surface area contributed by atoms with Crippen LogP contribution in [0.15, 0.2) is 23.3 Å². The topological polar surface area (TPSA) is 54.4 Å². The van der Waals surface area contributed by atoms with E-state index in [9.17, 15) is 14.7 Å². The van der Waals surface area contributed by atoms with Crippen molar-refractivity contribution in [2.45, 2.75) is 65.4 Å². The molecule has 1 aromatic rings. The number of allylic oxidation sites excluding steroid dienone is 1. The fourth-order valence-corrected chi connectivity index (χ4v) is 3.95. The number of hydrogen-bond acceptors (Lipinski definition) is 3. The second-order valence-electron chi connectivity index (χ2n) is 7.95. The van der Waals surface area contributed by atoms with Crippen LogP contribution >= 0.6 is 0 Å². The van der Waals surface area contributed by atoms with Crippen molar-refractivity contribution in [1.29, 1.82) is 0 Å². The highest BCUT2D eigenvalue weighted by molar-refractivity contribution is 6.28. The third-order valence-electron chi connectivity index (χ3n) is 5.31. The molecule has 2 aliphatic carbocycles. The summed E-state index contributed by atoms with van der Waals surface area (Å²) in [7, 11) is 0. The van der Waals surface area contributed by atoms with Crippen LogP contribution in [0, 0.1) is 5.92 Å². The Hall–Kier alpha value is -1.74. The molecule has 3 rings (SSSR count). The van der Waals surface area contributed by atoms with Crippen LogP contribution in [0.2, 0.25) is 0 Å². The van der Waals surface area contributed by atoms with Gasteiger partial charge in [0.1, 0.15) is 0 Å². The van der Waals surface area contributed by atoms with Crippen molar-refractivity contribution in [3.63, 3.8) is 0 Å². The molecule has 1 aromatic carbocycles. The van der Waals surface area contributed by atoms with Crippen LogP contribution in [0.5, 0.6) is 0 Å². The van der Waals surface area contributed by atoms with Gasteiger partial charge in [0, 0.05) is 22.3 Å². The summed E-state index contributed by atoms with van der Waals surface area (Å²) in [5.74, 6) is 0.459. The summed E-state index contributed by atoms with van der Waals surface area (Å²) in [5, 5.41) is 10.4. The number of aliphatic hydroxyl groups is 1. The second-order valence-corrected chi connectivity index (χ2v) is 7.95. The Morgan fingerprint density at radius 2 is 1.71 bits per heavy atom. The van der Waals surface area contributed by atoms with Gasteiger partial charge in [0.15, 0.2) is 11.6 Å². The predicted octanol–water partition coefficient (Wildman–Crippen LogP) is 4.40. The number of carbonyl (C=O) groups is 2. The van der Waals surface area contributed by atoms with E-state index >= 15 is 0 Å². The lowest BCUT2D eigenvalue weighted by Gasteiger charge is -2.33. The molecule has 0 spiro atoms. The third-order valence-corrected chi connectivity index (χ3v) is 5.31. The number of Topliss-reactive ketones (excluding diaryl/α,β-unsaturated/α-hetero) is 2. The van der Waals surface area contributed by atoms with Crippen molar-refractivity contribution in [2.24, 2.45) is 5.92 Å². The van der Waals surface area contributed by atoms with Gasteiger partial charge >= 0.3 is 0 Å². The van der Waals surface area contributed by atoms with Gasteiger partial charge in [-0.3, -0.25) is 9.59 Å². The molecule has 2 aliphatic rings. The fraction of sp³-hybridized carbons (Fsp3) is 0.524. The van der Waals surface area contributed by atoms with Crippen LogP contribution in [-0.4, -0.2) is 22.8 Å². The largest absolute Gasteiger partial charge is 0.388 e. The summed E-state index contributed by atoms with van der Waals surface area (Å²) in [4.78, 5) is 26.3. The van der Waals surface area contributed by atoms with Crippen LogP contribution in [0.3, 0.4) is 0 Å². The van der Waals surface area contributed by atoms with E-state index in [2.05, 4.69) is 19.9 Å². The van der Waals surface area contributed by atoms with Crippen LogP contribution in [0.25, 0.3) is 0 Å². The standard InChI is InChI=1S/C21H26O3/c1-10(2)13-8-14(11(3)4)18-16(9-13)20(23)15-6-12(5)7-17(22)19(15)21(18)24/h8-12,17,22H,6-7H2,1-5H3/t12-,17-/m1/s1. The molecule has 0 aromatic heterocycles. The number of rotatable bonds is 2. The number of aliphatic hydroxyl groups excluding tert-OH is 1. The van der Waals surface area contributed by atoms with E-state index < -0.39 is 6.10 Å². The Balaban J connectivity index is 2.27. The summed E-state index contributed by atoms with van der Waals surface area (Å²) >= 11 is 0. The molecule has 0 bridgehead atoms. The van der Waals surface area contributed by atoms with Gasteiger partial charge in [0.25, 0.3) is 0 Å². The van der Waals surface area contributed by atoms with Crippen molar-refractivity contribution >= 4 is 11.6 Å². The average molecular weight is 326 g/mol. The van der Waals surface area contributed by atoms with E-state index in [1.54, 1.807) is 0 Å². The number of hydrogen-bond donors (Lipinski definition) is 1. The summed E-state index contributed by atoms with van der Waals surface area (Å²) in [6.07, 6.45) is 0.311. The van der Waals surface area contributed by atoms with Crippen LogP contribution in [0.4, 0.5) is 0 Å². The number of ketones is 2. The van der Waals surface area contributed by atoms with Crippen LogP contribution in [-0.2, 0) is 0 Å². The lowest BCUT2D eigenvalue weighted by Crippen LogP contribution is -2.35. The number of benzene rings is 1. The van der Waals surface area contributed by atoms with Crippen molar-refractivity contribution in [2.75, 3.05) is 0 Å². The third kappa shape index (κ3) is 2.55. The number of fused-ring (bicyclic) bond motifs is 1. The maximum atomic E-state index is 13.1. The molecular formula is C21H26O3. The monoisotopic (exact) mass is 326 g/mol. The summed E-state index contributed by atoms with van der Waals surface area (Å²) < 4.78 is 0. The Bertz CT molecular complexity index is 753. The van der Waals surface area contributed by atoms with E-state index in [0.717, 1.165) is 11.1 Å². The van der Waals surface area contributed by atoms with Gasteiger partial charge in [-0.05, 0) is 47.8 Å². The van der Waals surface area contributed by atoms with E-state index in [-0.39, 0.29) is 23.4 Å². The summed E-state index contributed by atoms with van der Waals surface area (Å²) in [6.45, 7) is 10.3. The van der Waals surface area contributed by atoms with Gasteiger partial charge < -0.3 is 5.11 Å². The average Bonchev–Trinajstić information content (AvgIpc) is 2.50. The zero-order chi connectivity index (χ0) is 17.8. The Labute approximate surface area is 143 Å². The van der Waals surface area contributed by atoms with Gasteiger partial charge in [-0.25, -0.2) is 0 Å². The first-order valence-corrected chi connectivity index (χ1v) is 8.90. The highest BCUT2D eigenvalue weighted by Crippen LogP contribution is 2.41. The summed E-state index contributed by atoms with van der Waals surface area (Å²) in [5.41, 5.74) is 3.96. The minimum absolute atomic E-state index is 0.0606. The highest BCUT2D eigenvalue weighted by atomic mass is 16.3. The van der Waals surface area contributed by atoms with Crippen LogP contribution < -0.4 is 0 Å². The van der Waals surface area contributed by atoms with E-state index in [4.69, 9.17) is 0 Å². The first-order chi connectivity index (χ1) is 11.2. The molecule has 0 amide bonds. The molecule has 0 saturated carbocycles. The lowest BCUT2D eigenvalue weighted by molar-refractivity contribution is 0.0892. The van der Waals surface area contributed by atoms with Gasteiger partial charge in [-0.2, -0.15) is 0 Å². The molecule has 0 unspecified atom stereocenters. The maximum Gasteiger partial charge on any atom is 0.193 e. The van der Waals surface area contributed by atoms with Crippen molar-refractivity contribution < 1.29 is 14.7 Å². The van der Waals surface area contributed by atoms with Gasteiger partial charge in [0.05, 0.1) is 6.10 Å². The first-order valence-electron chi connectivity index (χ1n) is 8.90. The van der Waals surface area contributed by atoms with E-state index in [0.29, 0.717) is 41.0 Å². The number of carbonyl (C=O) groups excluding carboxylic acids is 2. The maximum absolute atomic E-state index is 13.1. The molecule has 0 saturated heterocycles. The fourth-order valence-electron chi connectivity index (χ4n) is 3.95. The zero-order valence-corrected chi connectivity index (χ0v) is 15.1. The molecular weight excluding hydrogens is 300 g/mol. The van der Waals surface area contributed by atoms with Gasteiger partial charge in [0.2, 0.25) is 0 Å². The molecule has 1 N–H and O–H groups in total. The second kappa shape index (κ2) is 5.96. The molecule has 128 valence electrons. The Morgan fingerprint density at radius 1 is 1.04 bits per heavy atom. The Kier molecular flexibility index (Phi) is 4.25. The van der Waals surface area contributed by atoms with Crippen molar-refractivity contribution in [3.8, 4) is 0 Å². The molecule has 3 nitrogen and oxygen atoms in total. The van der Waals surface area contributed by atoms with E-state index in [1.165, 1.54) is 0 Å². The van der Waals surface area contributed by atoms with Gasteiger partial charge in [-0.1, -0.05) is 40.7 Å². The highest BCUT2D eigenvalue weighted by Gasteiger charge is 2.40. The minimum atomic E-state index is -0.821. The molecule has 0 heterocycles. The lowest BCUT2D eigenvalue weighted by atomic mass is 9.71. The quantitative estimate of drug-likeness (QED) is 0.876. The molecule has 2 atom stereocenters. The molecule has 3 heteroatoms. The molecule has 0 fully saturated rings. The first kappa shape index (κ1) is 17.1. The predicted molar refractivity (Wildman–Crippen MR) is 94.7 cm³/mol. The normalized spacial score (nSPS) is 23.8. The minimum Gasteiger partial charge on any atom is -0.388 e. The van der Waals surface area contributed by atoms with Crippen molar-refractivity contribution in [1.82, 2.24) is 0 Å². The van der Waals surface area contributed by atoms with E-state index in [1.807, 2.05) is 26.8 Å². The van der Waals surface area contributed by atoms with Crippen molar-refractivity contribution in [3.05, 3.63) is 45.5 Å². The van der Waals surface area contributed by atoms with Gasteiger partial charge in [-0.15, -0.1) is 0 Å². The smallest absolute Gasteiger partial charge is 0.193 e. The Morgan fingerprint density at radius 3 is 2.29 bits per heavy atom.